The smallest absolute Gasteiger partial charge is 0.0511 e. The number of anilines is 1. The molecule has 0 saturated carbocycles. The van der Waals surface area contributed by atoms with Gasteiger partial charge in [-0.3, -0.25) is 0 Å². The van der Waals surface area contributed by atoms with Crippen molar-refractivity contribution in [1.29, 1.82) is 0 Å². The molecule has 2 atom stereocenters. The van der Waals surface area contributed by atoms with Gasteiger partial charge >= 0.3 is 0 Å². The molecule has 0 radical (unpaired) electrons. The summed E-state index contributed by atoms with van der Waals surface area (Å²) < 4.78 is 1.16. The number of hydrogen-bond donors (Lipinski definition) is 1. The summed E-state index contributed by atoms with van der Waals surface area (Å²) in [5, 5.41) is 0.712. The van der Waals surface area contributed by atoms with Crippen LogP contribution in [0.2, 0.25) is 0 Å². The predicted octanol–water partition coefficient (Wildman–Crippen LogP) is 3.41. The molecule has 1 aliphatic heterocycles. The van der Waals surface area contributed by atoms with Crippen LogP contribution in [0.3, 0.4) is 0 Å². The third-order valence-electron chi connectivity index (χ3n) is 3.08. The second kappa shape index (κ2) is 5.63. The Hall–Kier alpha value is -0.190. The minimum absolute atomic E-state index is 0.0937. The van der Waals surface area contributed by atoms with Crippen molar-refractivity contribution in [3.63, 3.8) is 0 Å². The first-order chi connectivity index (χ1) is 8.08. The molecule has 2 nitrogen and oxygen atoms in total. The van der Waals surface area contributed by atoms with Crippen molar-refractivity contribution in [3.05, 3.63) is 28.2 Å². The Bertz CT molecular complexity index is 395. The fourth-order valence-electron chi connectivity index (χ4n) is 2.10. The topological polar surface area (TPSA) is 29.3 Å². The van der Waals surface area contributed by atoms with Gasteiger partial charge in [0.1, 0.15) is 0 Å². The van der Waals surface area contributed by atoms with E-state index >= 15 is 0 Å². The summed E-state index contributed by atoms with van der Waals surface area (Å²) in [4.78, 5) is 2.45. The molecule has 2 N–H and O–H groups in total. The van der Waals surface area contributed by atoms with Gasteiger partial charge in [-0.1, -0.05) is 13.0 Å². The fourth-order valence-corrected chi connectivity index (χ4v) is 3.76. The highest BCUT2D eigenvalue weighted by molar-refractivity contribution is 9.10. The van der Waals surface area contributed by atoms with E-state index in [9.17, 15) is 0 Å². The van der Waals surface area contributed by atoms with Gasteiger partial charge in [-0.15, -0.1) is 0 Å². The van der Waals surface area contributed by atoms with E-state index in [1.165, 1.54) is 17.0 Å². The SMILES string of the molecule is CC1CN(c2ccc([C@@H](C)N)cc2Br)CCS1. The number of benzene rings is 1. The van der Waals surface area contributed by atoms with Crippen LogP contribution >= 0.6 is 27.7 Å². The lowest BCUT2D eigenvalue weighted by molar-refractivity contribution is 0.777. The second-order valence-corrected chi connectivity index (χ2v) is 7.03. The van der Waals surface area contributed by atoms with E-state index in [4.69, 9.17) is 5.73 Å². The molecule has 0 aromatic heterocycles. The normalized spacial score (nSPS) is 22.6. The Kier molecular flexibility index (Phi) is 4.39. The van der Waals surface area contributed by atoms with Crippen molar-refractivity contribution in [2.45, 2.75) is 25.1 Å². The van der Waals surface area contributed by atoms with Gasteiger partial charge in [-0.25, -0.2) is 0 Å². The molecule has 94 valence electrons. The largest absolute Gasteiger partial charge is 0.369 e. The van der Waals surface area contributed by atoms with Crippen molar-refractivity contribution in [3.8, 4) is 0 Å². The molecule has 0 aliphatic carbocycles. The molecule has 4 heteroatoms. The lowest BCUT2D eigenvalue weighted by atomic mass is 10.1. The van der Waals surface area contributed by atoms with Gasteiger partial charge in [0.05, 0.1) is 5.69 Å². The van der Waals surface area contributed by atoms with Crippen LogP contribution in [-0.2, 0) is 0 Å². The average Bonchev–Trinajstić information content (AvgIpc) is 2.28. The number of nitrogens with two attached hydrogens (primary N) is 1. The molecule has 1 aromatic rings. The summed E-state index contributed by atoms with van der Waals surface area (Å²) in [6.07, 6.45) is 0. The Balaban J connectivity index is 2.21. The molecule has 17 heavy (non-hydrogen) atoms. The first kappa shape index (κ1) is 13.2. The molecule has 0 spiro atoms. The second-order valence-electron chi connectivity index (χ2n) is 4.63. The van der Waals surface area contributed by atoms with Crippen LogP contribution in [0.15, 0.2) is 22.7 Å². The van der Waals surface area contributed by atoms with Gasteiger partial charge in [0.15, 0.2) is 0 Å². The Morgan fingerprint density at radius 3 is 2.88 bits per heavy atom. The van der Waals surface area contributed by atoms with Crippen LogP contribution in [0.4, 0.5) is 5.69 Å². The van der Waals surface area contributed by atoms with Gasteiger partial charge in [0, 0.05) is 34.6 Å². The number of halogens is 1. The summed E-state index contributed by atoms with van der Waals surface area (Å²) in [7, 11) is 0. The van der Waals surface area contributed by atoms with E-state index < -0.39 is 0 Å². The van der Waals surface area contributed by atoms with E-state index in [-0.39, 0.29) is 6.04 Å². The summed E-state index contributed by atoms with van der Waals surface area (Å²) in [6.45, 7) is 6.56. The monoisotopic (exact) mass is 314 g/mol. The Morgan fingerprint density at radius 2 is 2.29 bits per heavy atom. The fraction of sp³-hybridized carbons (Fsp3) is 0.538. The highest BCUT2D eigenvalue weighted by Gasteiger charge is 2.19. The third-order valence-corrected chi connectivity index (χ3v) is 4.85. The number of thioether (sulfide) groups is 1. The molecule has 1 aromatic carbocycles. The highest BCUT2D eigenvalue weighted by atomic mass is 79.9. The van der Waals surface area contributed by atoms with Crippen molar-refractivity contribution in [2.75, 3.05) is 23.7 Å². The summed E-state index contributed by atoms with van der Waals surface area (Å²) in [6, 6.07) is 6.56. The molecular weight excluding hydrogens is 296 g/mol. The molecule has 1 saturated heterocycles. The maximum absolute atomic E-state index is 5.90. The third kappa shape index (κ3) is 3.18. The summed E-state index contributed by atoms with van der Waals surface area (Å²) in [5.41, 5.74) is 8.37. The Labute approximate surface area is 116 Å². The van der Waals surface area contributed by atoms with Gasteiger partial charge in [-0.05, 0) is 40.5 Å². The quantitative estimate of drug-likeness (QED) is 0.907. The number of nitrogens with zero attached hydrogens (tertiary/aromatic N) is 1. The lowest BCUT2D eigenvalue weighted by Crippen LogP contribution is -2.36. The average molecular weight is 315 g/mol. The molecular formula is C13H19BrN2S. The Morgan fingerprint density at radius 1 is 1.53 bits per heavy atom. The van der Waals surface area contributed by atoms with E-state index in [0.717, 1.165) is 17.6 Å². The van der Waals surface area contributed by atoms with E-state index in [1.54, 1.807) is 0 Å². The number of hydrogen-bond acceptors (Lipinski definition) is 3. The minimum atomic E-state index is 0.0937. The minimum Gasteiger partial charge on any atom is -0.369 e. The first-order valence-electron chi connectivity index (χ1n) is 5.99. The molecule has 1 unspecified atom stereocenters. The van der Waals surface area contributed by atoms with Crippen LogP contribution < -0.4 is 10.6 Å². The van der Waals surface area contributed by atoms with Gasteiger partial charge in [0.2, 0.25) is 0 Å². The van der Waals surface area contributed by atoms with E-state index in [2.05, 4.69) is 57.7 Å². The van der Waals surface area contributed by atoms with Crippen LogP contribution in [0.1, 0.15) is 25.5 Å². The summed E-state index contributed by atoms with van der Waals surface area (Å²) >= 11 is 5.72. The maximum atomic E-state index is 5.90. The van der Waals surface area contributed by atoms with Crippen molar-refractivity contribution < 1.29 is 0 Å². The van der Waals surface area contributed by atoms with Crippen LogP contribution in [0.25, 0.3) is 0 Å². The molecule has 1 aliphatic rings. The number of rotatable bonds is 2. The highest BCUT2D eigenvalue weighted by Crippen LogP contribution is 2.31. The maximum Gasteiger partial charge on any atom is 0.0511 e. The lowest BCUT2D eigenvalue weighted by Gasteiger charge is -2.33. The van der Waals surface area contributed by atoms with Crippen LogP contribution in [0.5, 0.6) is 0 Å². The standard InChI is InChI=1S/C13H19BrN2S/c1-9-8-16(5-6-17-9)13-4-3-11(10(2)15)7-12(13)14/h3-4,7,9-10H,5-6,8,15H2,1-2H3/t9?,10-/m1/s1. The summed E-state index contributed by atoms with van der Waals surface area (Å²) in [5.74, 6) is 1.21. The molecule has 2 rings (SSSR count). The van der Waals surface area contributed by atoms with Crippen LogP contribution in [0, 0.1) is 0 Å². The zero-order chi connectivity index (χ0) is 12.4. The molecule has 0 bridgehead atoms. The zero-order valence-corrected chi connectivity index (χ0v) is 12.7. The van der Waals surface area contributed by atoms with Gasteiger partial charge in [0.25, 0.3) is 0 Å². The van der Waals surface area contributed by atoms with E-state index in [0.29, 0.717) is 5.25 Å². The van der Waals surface area contributed by atoms with Crippen molar-refractivity contribution in [2.24, 2.45) is 5.73 Å². The van der Waals surface area contributed by atoms with Gasteiger partial charge < -0.3 is 10.6 Å². The molecule has 1 fully saturated rings. The first-order valence-corrected chi connectivity index (χ1v) is 7.83. The molecule has 1 heterocycles. The van der Waals surface area contributed by atoms with Crippen molar-refractivity contribution in [1.82, 2.24) is 0 Å². The van der Waals surface area contributed by atoms with Crippen LogP contribution in [-0.4, -0.2) is 24.1 Å². The zero-order valence-electron chi connectivity index (χ0n) is 10.3. The van der Waals surface area contributed by atoms with E-state index in [1.807, 2.05) is 6.92 Å². The molecule has 0 amide bonds. The van der Waals surface area contributed by atoms with Crippen molar-refractivity contribution >= 4 is 33.4 Å². The predicted molar refractivity (Wildman–Crippen MR) is 80.9 cm³/mol. The van der Waals surface area contributed by atoms with Gasteiger partial charge in [-0.2, -0.15) is 11.8 Å².